The summed E-state index contributed by atoms with van der Waals surface area (Å²) in [5.74, 6) is 0. The van der Waals surface area contributed by atoms with Gasteiger partial charge in [-0.3, -0.25) is 4.68 Å². The Balaban J connectivity index is 2.37. The van der Waals surface area contributed by atoms with E-state index in [-0.39, 0.29) is 0 Å². The van der Waals surface area contributed by atoms with E-state index in [1.165, 1.54) is 11.8 Å². The van der Waals surface area contributed by atoms with E-state index in [1.54, 1.807) is 11.7 Å². The van der Waals surface area contributed by atoms with Crippen LogP contribution in [-0.4, -0.2) is 30.0 Å². The van der Waals surface area contributed by atoms with Gasteiger partial charge in [-0.25, -0.2) is 4.68 Å². The fourth-order valence-corrected chi connectivity index (χ4v) is 2.24. The van der Waals surface area contributed by atoms with Crippen LogP contribution in [0.5, 0.6) is 0 Å². The Labute approximate surface area is 97.0 Å². The molecule has 0 aliphatic rings. The van der Waals surface area contributed by atoms with Crippen LogP contribution in [0.15, 0.2) is 10.2 Å². The van der Waals surface area contributed by atoms with Crippen molar-refractivity contribution in [3.8, 4) is 0 Å². The molecule has 0 amide bonds. The Morgan fingerprint density at radius 3 is 2.75 bits per heavy atom. The van der Waals surface area contributed by atoms with E-state index in [0.29, 0.717) is 10.8 Å². The van der Waals surface area contributed by atoms with E-state index >= 15 is 0 Å². The third kappa shape index (κ3) is 1.75. The Hall–Kier alpha value is -1.57. The first-order valence-electron chi connectivity index (χ1n) is 4.86. The molecule has 0 spiro atoms. The zero-order valence-electron chi connectivity index (χ0n) is 9.38. The average molecular weight is 239 g/mol. The Bertz CT molecular complexity index is 500. The summed E-state index contributed by atoms with van der Waals surface area (Å²) in [4.78, 5) is 0. The number of hydrogen-bond donors (Lipinski definition) is 1. The molecule has 0 aromatic carbocycles. The van der Waals surface area contributed by atoms with E-state index in [4.69, 9.17) is 5.73 Å². The van der Waals surface area contributed by atoms with Crippen LogP contribution in [0.4, 0.5) is 5.69 Å². The van der Waals surface area contributed by atoms with Crippen molar-refractivity contribution in [2.24, 2.45) is 7.05 Å². The minimum atomic E-state index is 0.690. The van der Waals surface area contributed by atoms with Crippen LogP contribution in [0.3, 0.4) is 0 Å². The molecule has 0 atom stereocenters. The average Bonchev–Trinajstić information content (AvgIpc) is 2.78. The maximum atomic E-state index is 5.96. The van der Waals surface area contributed by atoms with Crippen molar-refractivity contribution in [3.05, 3.63) is 5.69 Å². The van der Waals surface area contributed by atoms with Crippen molar-refractivity contribution in [3.63, 3.8) is 0 Å². The monoisotopic (exact) mass is 239 g/mol. The molecule has 0 fully saturated rings. The number of rotatable bonds is 3. The third-order valence-corrected chi connectivity index (χ3v) is 3.35. The second-order valence-corrected chi connectivity index (χ2v) is 4.26. The SMILES string of the molecule is CCn1nc(C)c(N)c1Sc1nnnn1C. The molecule has 0 saturated heterocycles. The fraction of sp³-hybridized carbons (Fsp3) is 0.500. The standard InChI is InChI=1S/C8H13N7S/c1-4-15-7(6(9)5(2)11-15)16-8-10-12-13-14(8)3/h4,9H2,1-3H3. The minimum absolute atomic E-state index is 0.690. The van der Waals surface area contributed by atoms with Crippen molar-refractivity contribution in [2.75, 3.05) is 5.73 Å². The number of hydrogen-bond acceptors (Lipinski definition) is 6. The van der Waals surface area contributed by atoms with Gasteiger partial charge < -0.3 is 5.73 Å². The molecular weight excluding hydrogens is 226 g/mol. The first-order chi connectivity index (χ1) is 7.63. The first-order valence-corrected chi connectivity index (χ1v) is 5.68. The molecule has 0 aliphatic heterocycles. The zero-order chi connectivity index (χ0) is 11.7. The highest BCUT2D eigenvalue weighted by Gasteiger charge is 2.15. The van der Waals surface area contributed by atoms with E-state index in [0.717, 1.165) is 17.3 Å². The van der Waals surface area contributed by atoms with Crippen LogP contribution in [0.1, 0.15) is 12.6 Å². The summed E-state index contributed by atoms with van der Waals surface area (Å²) in [6.45, 7) is 4.68. The highest BCUT2D eigenvalue weighted by atomic mass is 32.2. The summed E-state index contributed by atoms with van der Waals surface area (Å²) >= 11 is 1.42. The van der Waals surface area contributed by atoms with E-state index in [1.807, 2.05) is 18.5 Å². The van der Waals surface area contributed by atoms with Gasteiger partial charge in [0.05, 0.1) is 11.4 Å². The molecule has 0 unspecified atom stereocenters. The van der Waals surface area contributed by atoms with Gasteiger partial charge >= 0.3 is 0 Å². The maximum Gasteiger partial charge on any atom is 0.215 e. The lowest BCUT2D eigenvalue weighted by Gasteiger charge is -2.03. The molecule has 0 radical (unpaired) electrons. The van der Waals surface area contributed by atoms with Crippen molar-refractivity contribution in [1.82, 2.24) is 30.0 Å². The molecule has 2 heterocycles. The predicted octanol–water partition coefficient (Wildman–Crippen LogP) is 0.468. The molecule has 2 aromatic rings. The number of anilines is 1. The van der Waals surface area contributed by atoms with Crippen LogP contribution in [0.25, 0.3) is 0 Å². The zero-order valence-corrected chi connectivity index (χ0v) is 10.2. The van der Waals surface area contributed by atoms with Crippen LogP contribution in [0.2, 0.25) is 0 Å². The molecule has 2 aromatic heterocycles. The lowest BCUT2D eigenvalue weighted by molar-refractivity contribution is 0.599. The third-order valence-electron chi connectivity index (χ3n) is 2.19. The number of nitrogens with zero attached hydrogens (tertiary/aromatic N) is 6. The van der Waals surface area contributed by atoms with Crippen molar-refractivity contribution < 1.29 is 0 Å². The highest BCUT2D eigenvalue weighted by Crippen LogP contribution is 2.31. The quantitative estimate of drug-likeness (QED) is 0.837. The lowest BCUT2D eigenvalue weighted by Crippen LogP contribution is -2.01. The molecule has 2 rings (SSSR count). The smallest absolute Gasteiger partial charge is 0.215 e. The molecule has 86 valence electrons. The Kier molecular flexibility index (Phi) is 2.82. The highest BCUT2D eigenvalue weighted by molar-refractivity contribution is 7.99. The molecule has 16 heavy (non-hydrogen) atoms. The summed E-state index contributed by atoms with van der Waals surface area (Å²) in [5.41, 5.74) is 7.49. The maximum absolute atomic E-state index is 5.96. The van der Waals surface area contributed by atoms with Gasteiger partial charge in [-0.05, 0) is 36.0 Å². The molecule has 0 aliphatic carbocycles. The normalized spacial score (nSPS) is 10.9. The van der Waals surface area contributed by atoms with Gasteiger partial charge in [-0.15, -0.1) is 5.10 Å². The summed E-state index contributed by atoms with van der Waals surface area (Å²) in [5, 5.41) is 17.2. The number of aryl methyl sites for hydroxylation is 3. The predicted molar refractivity (Wildman–Crippen MR) is 60.0 cm³/mol. The summed E-state index contributed by atoms with van der Waals surface area (Å²) in [6.07, 6.45) is 0. The number of tetrazole rings is 1. The van der Waals surface area contributed by atoms with Crippen LogP contribution in [-0.2, 0) is 13.6 Å². The van der Waals surface area contributed by atoms with Crippen molar-refractivity contribution >= 4 is 17.4 Å². The molecule has 7 nitrogen and oxygen atoms in total. The first kappa shape index (κ1) is 10.9. The minimum Gasteiger partial charge on any atom is -0.395 e. The second-order valence-electron chi connectivity index (χ2n) is 3.31. The fourth-order valence-electron chi connectivity index (χ4n) is 1.29. The Morgan fingerprint density at radius 2 is 2.19 bits per heavy atom. The van der Waals surface area contributed by atoms with Gasteiger partial charge in [0, 0.05) is 13.6 Å². The van der Waals surface area contributed by atoms with Gasteiger partial charge in [-0.2, -0.15) is 5.10 Å². The molecule has 0 saturated carbocycles. The molecule has 0 bridgehead atoms. The molecule has 8 heteroatoms. The van der Waals surface area contributed by atoms with E-state index in [2.05, 4.69) is 20.6 Å². The number of nitrogen functional groups attached to an aromatic ring is 1. The topological polar surface area (TPSA) is 87.4 Å². The van der Waals surface area contributed by atoms with Gasteiger partial charge in [0.1, 0.15) is 5.03 Å². The van der Waals surface area contributed by atoms with E-state index < -0.39 is 0 Å². The Morgan fingerprint density at radius 1 is 1.44 bits per heavy atom. The van der Waals surface area contributed by atoms with E-state index in [9.17, 15) is 0 Å². The summed E-state index contributed by atoms with van der Waals surface area (Å²) in [6, 6.07) is 0. The number of aromatic nitrogens is 6. The van der Waals surface area contributed by atoms with Crippen LogP contribution in [0, 0.1) is 6.92 Å². The molecule has 2 N–H and O–H groups in total. The van der Waals surface area contributed by atoms with Gasteiger partial charge in [-0.1, -0.05) is 0 Å². The van der Waals surface area contributed by atoms with Crippen molar-refractivity contribution in [1.29, 1.82) is 0 Å². The second kappa shape index (κ2) is 4.12. The van der Waals surface area contributed by atoms with Crippen LogP contribution < -0.4 is 5.73 Å². The molecular formula is C8H13N7S. The summed E-state index contributed by atoms with van der Waals surface area (Å²) in [7, 11) is 1.79. The largest absolute Gasteiger partial charge is 0.395 e. The van der Waals surface area contributed by atoms with Crippen LogP contribution >= 0.6 is 11.8 Å². The number of nitrogens with two attached hydrogens (primary N) is 1. The lowest BCUT2D eigenvalue weighted by atomic mass is 10.4. The van der Waals surface area contributed by atoms with Crippen molar-refractivity contribution in [2.45, 2.75) is 30.6 Å². The van der Waals surface area contributed by atoms with Gasteiger partial charge in [0.25, 0.3) is 0 Å². The van der Waals surface area contributed by atoms with Gasteiger partial charge in [0.2, 0.25) is 5.16 Å². The summed E-state index contributed by atoms with van der Waals surface area (Å²) < 4.78 is 3.45. The van der Waals surface area contributed by atoms with Gasteiger partial charge in [0.15, 0.2) is 0 Å².